The molecule has 160 valence electrons. The molecule has 0 amide bonds. The lowest BCUT2D eigenvalue weighted by Crippen LogP contribution is -1.98. The Morgan fingerprint density at radius 3 is 0.912 bits per heavy atom. The summed E-state index contributed by atoms with van der Waals surface area (Å²) in [5.41, 5.74) is 10.1. The van der Waals surface area contributed by atoms with Crippen LogP contribution in [0.3, 0.4) is 0 Å². The Hall–Kier alpha value is -4.56. The molecule has 1 aromatic heterocycles. The molecule has 0 spiro atoms. The zero-order valence-electron chi connectivity index (χ0n) is 18.6. The zero-order chi connectivity index (χ0) is 22.7. The first kappa shape index (κ1) is 20.1. The van der Waals surface area contributed by atoms with Crippen molar-refractivity contribution in [3.8, 4) is 44.8 Å². The van der Waals surface area contributed by atoms with E-state index in [9.17, 15) is 0 Å². The smallest absolute Gasteiger partial charge is 0.0979 e. The molecule has 0 bridgehead atoms. The monoisotopic (exact) mass is 434 g/mol. The van der Waals surface area contributed by atoms with Gasteiger partial charge in [0.15, 0.2) is 0 Å². The fraction of sp³-hybridized carbons (Fsp3) is 0. The van der Waals surface area contributed by atoms with Crippen molar-refractivity contribution in [2.75, 3.05) is 0 Å². The van der Waals surface area contributed by atoms with Crippen LogP contribution in [0.1, 0.15) is 0 Å². The van der Waals surface area contributed by atoms with E-state index in [0.717, 1.165) is 55.8 Å². The second-order valence-corrected chi connectivity index (χ2v) is 8.24. The highest BCUT2D eigenvalue weighted by atomic mass is 14.8. The van der Waals surface area contributed by atoms with Crippen LogP contribution in [-0.2, 0) is 0 Å². The maximum atomic E-state index is 5.32. The zero-order valence-corrected chi connectivity index (χ0v) is 18.6. The van der Waals surface area contributed by atoms with Crippen LogP contribution in [0.2, 0.25) is 0 Å². The van der Waals surface area contributed by atoms with Crippen molar-refractivity contribution in [1.82, 2.24) is 9.97 Å². The fourth-order valence-electron chi connectivity index (χ4n) is 4.43. The highest BCUT2D eigenvalue weighted by molar-refractivity contribution is 6.02. The van der Waals surface area contributed by atoms with Crippen molar-refractivity contribution in [3.63, 3.8) is 0 Å². The predicted octanol–water partition coefficient (Wildman–Crippen LogP) is 8.30. The van der Waals surface area contributed by atoms with E-state index < -0.39 is 0 Å². The van der Waals surface area contributed by atoms with E-state index in [1.165, 1.54) is 0 Å². The van der Waals surface area contributed by atoms with E-state index in [2.05, 4.69) is 109 Å². The Balaban J connectivity index is 1.73. The second kappa shape index (κ2) is 8.76. The van der Waals surface area contributed by atoms with Gasteiger partial charge in [0.05, 0.1) is 22.4 Å². The third-order valence-corrected chi connectivity index (χ3v) is 6.09. The number of benzene rings is 5. The molecule has 1 heterocycles. The van der Waals surface area contributed by atoms with Gasteiger partial charge < -0.3 is 0 Å². The van der Waals surface area contributed by atoms with Gasteiger partial charge in [0.1, 0.15) is 0 Å². The minimum atomic E-state index is 0.890. The van der Waals surface area contributed by atoms with Crippen LogP contribution in [0.5, 0.6) is 0 Å². The van der Waals surface area contributed by atoms with Crippen molar-refractivity contribution in [1.29, 1.82) is 0 Å². The minimum absolute atomic E-state index is 0.890. The summed E-state index contributed by atoms with van der Waals surface area (Å²) < 4.78 is 0. The van der Waals surface area contributed by atoms with Crippen LogP contribution in [0, 0.1) is 0 Å². The van der Waals surface area contributed by atoms with Crippen molar-refractivity contribution in [3.05, 3.63) is 133 Å². The van der Waals surface area contributed by atoms with E-state index in [1.807, 2.05) is 24.3 Å². The van der Waals surface area contributed by atoms with Crippen molar-refractivity contribution in [2.45, 2.75) is 0 Å². The third-order valence-electron chi connectivity index (χ3n) is 6.09. The third kappa shape index (κ3) is 3.66. The number of aromatic nitrogens is 2. The molecule has 0 atom stereocenters. The highest BCUT2D eigenvalue weighted by Crippen LogP contribution is 2.38. The number of nitrogens with zero attached hydrogens (tertiary/aromatic N) is 2. The summed E-state index contributed by atoms with van der Waals surface area (Å²) in [6.45, 7) is 0. The number of hydrogen-bond acceptors (Lipinski definition) is 2. The molecule has 0 N–H and O–H groups in total. The van der Waals surface area contributed by atoms with Gasteiger partial charge in [0, 0.05) is 22.3 Å². The average Bonchev–Trinajstić information content (AvgIpc) is 2.93. The first-order chi connectivity index (χ1) is 16.9. The molecule has 0 aliphatic rings. The largest absolute Gasteiger partial charge is 0.243 e. The molecule has 0 saturated carbocycles. The molecule has 0 unspecified atom stereocenters. The van der Waals surface area contributed by atoms with E-state index >= 15 is 0 Å². The maximum absolute atomic E-state index is 5.32. The van der Waals surface area contributed by atoms with Gasteiger partial charge in [0.2, 0.25) is 0 Å². The minimum Gasteiger partial charge on any atom is -0.243 e. The van der Waals surface area contributed by atoms with Crippen LogP contribution in [0.25, 0.3) is 55.8 Å². The Morgan fingerprint density at radius 1 is 0.294 bits per heavy atom. The Morgan fingerprint density at radius 2 is 0.588 bits per heavy atom. The summed E-state index contributed by atoms with van der Waals surface area (Å²) >= 11 is 0. The SMILES string of the molecule is c1ccc(-c2nc3c(-c4ccccc4)ccc(-c4ccccc4)c3nc2-c2ccccc2)cc1. The lowest BCUT2D eigenvalue weighted by atomic mass is 9.96. The summed E-state index contributed by atoms with van der Waals surface area (Å²) in [5, 5.41) is 0. The summed E-state index contributed by atoms with van der Waals surface area (Å²) in [6, 6.07) is 45.9. The molecule has 2 nitrogen and oxygen atoms in total. The Kier molecular flexibility index (Phi) is 5.17. The number of hydrogen-bond donors (Lipinski definition) is 0. The first-order valence-electron chi connectivity index (χ1n) is 11.4. The molecule has 0 aliphatic carbocycles. The Bertz CT molecular complexity index is 1440. The molecule has 34 heavy (non-hydrogen) atoms. The standard InChI is InChI=1S/C32H22N2/c1-5-13-23(14-6-1)27-21-22-28(24-15-7-2-8-16-24)32-31(27)33-29(25-17-9-3-10-18-25)30(34-32)26-19-11-4-12-20-26/h1-22H. The molecule has 5 aromatic carbocycles. The van der Waals surface area contributed by atoms with Crippen molar-refractivity contribution in [2.24, 2.45) is 0 Å². The van der Waals surface area contributed by atoms with Crippen LogP contribution < -0.4 is 0 Å². The number of fused-ring (bicyclic) bond motifs is 1. The van der Waals surface area contributed by atoms with Crippen molar-refractivity contribution >= 4 is 11.0 Å². The molecule has 6 rings (SSSR count). The number of rotatable bonds is 4. The lowest BCUT2D eigenvalue weighted by Gasteiger charge is -2.16. The quantitative estimate of drug-likeness (QED) is 0.279. The molecule has 0 aliphatic heterocycles. The fourth-order valence-corrected chi connectivity index (χ4v) is 4.43. The van der Waals surface area contributed by atoms with Crippen LogP contribution >= 0.6 is 0 Å². The Labute approximate surface area is 199 Å². The van der Waals surface area contributed by atoms with E-state index in [-0.39, 0.29) is 0 Å². The maximum Gasteiger partial charge on any atom is 0.0979 e. The summed E-state index contributed by atoms with van der Waals surface area (Å²) in [4.78, 5) is 10.6. The molecule has 0 fully saturated rings. The molecule has 0 saturated heterocycles. The highest BCUT2D eigenvalue weighted by Gasteiger charge is 2.18. The first-order valence-corrected chi connectivity index (χ1v) is 11.4. The molecule has 0 radical (unpaired) electrons. The lowest BCUT2D eigenvalue weighted by molar-refractivity contribution is 1.29. The summed E-state index contributed by atoms with van der Waals surface area (Å²) in [6.07, 6.45) is 0. The van der Waals surface area contributed by atoms with E-state index in [0.29, 0.717) is 0 Å². The van der Waals surface area contributed by atoms with Gasteiger partial charge in [-0.15, -0.1) is 0 Å². The van der Waals surface area contributed by atoms with Gasteiger partial charge in [-0.2, -0.15) is 0 Å². The normalized spacial score (nSPS) is 10.9. The van der Waals surface area contributed by atoms with Gasteiger partial charge in [0.25, 0.3) is 0 Å². The van der Waals surface area contributed by atoms with Crippen LogP contribution in [0.4, 0.5) is 0 Å². The van der Waals surface area contributed by atoms with Crippen LogP contribution in [-0.4, -0.2) is 9.97 Å². The molecular formula is C32H22N2. The van der Waals surface area contributed by atoms with Gasteiger partial charge >= 0.3 is 0 Å². The molecule has 2 heteroatoms. The van der Waals surface area contributed by atoms with Gasteiger partial charge in [-0.25, -0.2) is 9.97 Å². The van der Waals surface area contributed by atoms with Gasteiger partial charge in [-0.05, 0) is 11.1 Å². The molecule has 6 aromatic rings. The van der Waals surface area contributed by atoms with Gasteiger partial charge in [-0.3, -0.25) is 0 Å². The molecular weight excluding hydrogens is 412 g/mol. The summed E-state index contributed by atoms with van der Waals surface area (Å²) in [5.74, 6) is 0. The average molecular weight is 435 g/mol. The van der Waals surface area contributed by atoms with Crippen molar-refractivity contribution < 1.29 is 0 Å². The topological polar surface area (TPSA) is 25.8 Å². The van der Waals surface area contributed by atoms with Crippen LogP contribution in [0.15, 0.2) is 133 Å². The van der Waals surface area contributed by atoms with E-state index in [1.54, 1.807) is 0 Å². The van der Waals surface area contributed by atoms with E-state index in [4.69, 9.17) is 9.97 Å². The summed E-state index contributed by atoms with van der Waals surface area (Å²) in [7, 11) is 0. The van der Waals surface area contributed by atoms with Gasteiger partial charge in [-0.1, -0.05) is 133 Å². The predicted molar refractivity (Wildman–Crippen MR) is 141 cm³/mol. The second-order valence-electron chi connectivity index (χ2n) is 8.24.